The van der Waals surface area contributed by atoms with Crippen molar-refractivity contribution in [3.63, 3.8) is 0 Å². The largest absolute Gasteiger partial charge is 0.459 e. The number of amides is 1. The molecule has 0 atom stereocenters. The highest BCUT2D eigenvalue weighted by Gasteiger charge is 2.11. The summed E-state index contributed by atoms with van der Waals surface area (Å²) in [6.07, 6.45) is 1.41. The van der Waals surface area contributed by atoms with Gasteiger partial charge in [-0.25, -0.2) is 4.98 Å². The van der Waals surface area contributed by atoms with E-state index < -0.39 is 5.91 Å². The second-order valence-electron chi connectivity index (χ2n) is 4.06. The van der Waals surface area contributed by atoms with Gasteiger partial charge in [-0.3, -0.25) is 15.6 Å². The fourth-order valence-corrected chi connectivity index (χ4v) is 2.10. The van der Waals surface area contributed by atoms with Gasteiger partial charge in [-0.2, -0.15) is 4.98 Å². The first kappa shape index (κ1) is 13.7. The van der Waals surface area contributed by atoms with Crippen LogP contribution >= 0.6 is 23.2 Å². The van der Waals surface area contributed by atoms with Crippen molar-refractivity contribution in [2.24, 2.45) is 0 Å². The third kappa shape index (κ3) is 2.91. The first-order valence-electron chi connectivity index (χ1n) is 5.86. The standard InChI is InChI=1S/C13H8Cl2N4O2/c14-7-3-4-8-9(6-7)16-13(15)17-11(8)18-19-12(20)10-2-1-5-21-10/h1-6H,(H,19,20)(H,16,17,18). The number of halogens is 2. The molecule has 1 amide bonds. The molecular formula is C13H8Cl2N4O2. The number of carbonyl (C=O) groups excluding carboxylic acids is 1. The minimum atomic E-state index is -0.433. The van der Waals surface area contributed by atoms with Crippen LogP contribution in [0.15, 0.2) is 41.0 Å². The molecule has 0 aliphatic carbocycles. The van der Waals surface area contributed by atoms with Crippen molar-refractivity contribution in [1.82, 2.24) is 15.4 Å². The number of benzene rings is 1. The molecule has 0 radical (unpaired) electrons. The quantitative estimate of drug-likeness (QED) is 0.571. The number of hydrogen-bond acceptors (Lipinski definition) is 5. The summed E-state index contributed by atoms with van der Waals surface area (Å²) in [5.74, 6) is 0.105. The molecule has 8 heteroatoms. The Hall–Kier alpha value is -2.31. The number of rotatable bonds is 3. The highest BCUT2D eigenvalue weighted by molar-refractivity contribution is 6.31. The van der Waals surface area contributed by atoms with Gasteiger partial charge < -0.3 is 4.42 Å². The lowest BCUT2D eigenvalue weighted by molar-refractivity contribution is 0.0935. The smallest absolute Gasteiger partial charge is 0.305 e. The average Bonchev–Trinajstić information content (AvgIpc) is 2.97. The second-order valence-corrected chi connectivity index (χ2v) is 4.83. The van der Waals surface area contributed by atoms with Crippen LogP contribution in [0.4, 0.5) is 5.82 Å². The summed E-state index contributed by atoms with van der Waals surface area (Å²) in [6.45, 7) is 0. The predicted octanol–water partition coefficient (Wildman–Crippen LogP) is 3.29. The molecule has 0 spiro atoms. The van der Waals surface area contributed by atoms with Crippen molar-refractivity contribution in [2.45, 2.75) is 0 Å². The van der Waals surface area contributed by atoms with Gasteiger partial charge in [-0.15, -0.1) is 0 Å². The number of furan rings is 1. The summed E-state index contributed by atoms with van der Waals surface area (Å²) in [5.41, 5.74) is 5.74. The van der Waals surface area contributed by atoms with Gasteiger partial charge in [0.1, 0.15) is 0 Å². The highest BCUT2D eigenvalue weighted by Crippen LogP contribution is 2.24. The number of hydrazine groups is 1. The molecule has 106 valence electrons. The van der Waals surface area contributed by atoms with E-state index in [4.69, 9.17) is 27.6 Å². The van der Waals surface area contributed by atoms with E-state index in [0.717, 1.165) is 0 Å². The summed E-state index contributed by atoms with van der Waals surface area (Å²) in [5, 5.41) is 1.24. The number of hydrogen-bond donors (Lipinski definition) is 2. The number of nitrogens with one attached hydrogen (secondary N) is 2. The average molecular weight is 323 g/mol. The van der Waals surface area contributed by atoms with Crippen LogP contribution in [0, 0.1) is 0 Å². The summed E-state index contributed by atoms with van der Waals surface area (Å²) in [6, 6.07) is 8.25. The Labute approximate surface area is 129 Å². The third-order valence-electron chi connectivity index (χ3n) is 2.67. The molecule has 1 aromatic carbocycles. The van der Waals surface area contributed by atoms with E-state index in [0.29, 0.717) is 21.7 Å². The fraction of sp³-hybridized carbons (Fsp3) is 0. The second kappa shape index (κ2) is 5.59. The minimum absolute atomic E-state index is 0.0412. The Morgan fingerprint density at radius 1 is 1.19 bits per heavy atom. The zero-order valence-corrected chi connectivity index (χ0v) is 11.9. The van der Waals surface area contributed by atoms with Crippen LogP contribution in [0.3, 0.4) is 0 Å². The lowest BCUT2D eigenvalue weighted by atomic mass is 10.2. The lowest BCUT2D eigenvalue weighted by Crippen LogP contribution is -2.29. The number of aromatic nitrogens is 2. The van der Waals surface area contributed by atoms with Crippen LogP contribution < -0.4 is 10.9 Å². The fourth-order valence-electron chi connectivity index (χ4n) is 1.76. The van der Waals surface area contributed by atoms with E-state index in [9.17, 15) is 4.79 Å². The molecule has 0 bridgehead atoms. The van der Waals surface area contributed by atoms with E-state index in [-0.39, 0.29) is 11.0 Å². The Morgan fingerprint density at radius 3 is 2.81 bits per heavy atom. The zero-order valence-electron chi connectivity index (χ0n) is 10.4. The number of nitrogens with zero attached hydrogens (tertiary/aromatic N) is 2. The summed E-state index contributed by atoms with van der Waals surface area (Å²) in [4.78, 5) is 19.9. The van der Waals surface area contributed by atoms with Crippen LogP contribution in [0.2, 0.25) is 10.3 Å². The molecule has 0 unspecified atom stereocenters. The van der Waals surface area contributed by atoms with E-state index >= 15 is 0 Å². The maximum absolute atomic E-state index is 11.8. The molecule has 3 aromatic rings. The summed E-state index contributed by atoms with van der Waals surface area (Å²) < 4.78 is 4.98. The van der Waals surface area contributed by atoms with Crippen molar-refractivity contribution >= 4 is 45.8 Å². The Bertz CT molecular complexity index is 800. The van der Waals surface area contributed by atoms with Crippen molar-refractivity contribution in [3.05, 3.63) is 52.7 Å². The number of anilines is 1. The molecule has 0 saturated carbocycles. The first-order valence-corrected chi connectivity index (χ1v) is 6.62. The summed E-state index contributed by atoms with van der Waals surface area (Å²) >= 11 is 11.8. The van der Waals surface area contributed by atoms with Crippen molar-refractivity contribution in [1.29, 1.82) is 0 Å². The number of fused-ring (bicyclic) bond motifs is 1. The third-order valence-corrected chi connectivity index (χ3v) is 3.08. The predicted molar refractivity (Wildman–Crippen MR) is 79.4 cm³/mol. The highest BCUT2D eigenvalue weighted by atomic mass is 35.5. The van der Waals surface area contributed by atoms with E-state index in [1.165, 1.54) is 6.26 Å². The van der Waals surface area contributed by atoms with Crippen LogP contribution in [0.5, 0.6) is 0 Å². The topological polar surface area (TPSA) is 80.0 Å². The molecule has 2 aromatic heterocycles. The zero-order chi connectivity index (χ0) is 14.8. The van der Waals surface area contributed by atoms with Gasteiger partial charge in [0.15, 0.2) is 11.6 Å². The van der Waals surface area contributed by atoms with Gasteiger partial charge in [0, 0.05) is 10.4 Å². The molecule has 6 nitrogen and oxygen atoms in total. The van der Waals surface area contributed by atoms with Crippen molar-refractivity contribution < 1.29 is 9.21 Å². The molecule has 0 fully saturated rings. The Balaban J connectivity index is 1.88. The molecule has 2 N–H and O–H groups in total. The van der Waals surface area contributed by atoms with Crippen LogP contribution in [0.25, 0.3) is 10.9 Å². The number of carbonyl (C=O) groups is 1. The van der Waals surface area contributed by atoms with Crippen LogP contribution in [-0.2, 0) is 0 Å². The minimum Gasteiger partial charge on any atom is -0.459 e. The Morgan fingerprint density at radius 2 is 2.05 bits per heavy atom. The lowest BCUT2D eigenvalue weighted by Gasteiger charge is -2.09. The first-order chi connectivity index (χ1) is 10.1. The molecule has 3 rings (SSSR count). The SMILES string of the molecule is O=C(NNc1nc(Cl)nc2cc(Cl)ccc12)c1ccco1. The van der Waals surface area contributed by atoms with Gasteiger partial charge in [0.05, 0.1) is 11.8 Å². The molecule has 2 heterocycles. The van der Waals surface area contributed by atoms with E-state index in [1.54, 1.807) is 30.3 Å². The van der Waals surface area contributed by atoms with Crippen molar-refractivity contribution in [3.8, 4) is 0 Å². The molecule has 0 aliphatic heterocycles. The maximum atomic E-state index is 11.8. The van der Waals surface area contributed by atoms with Gasteiger partial charge in [-0.05, 0) is 41.9 Å². The summed E-state index contributed by atoms with van der Waals surface area (Å²) in [7, 11) is 0. The van der Waals surface area contributed by atoms with Gasteiger partial charge in [0.2, 0.25) is 5.28 Å². The van der Waals surface area contributed by atoms with Crippen LogP contribution in [-0.4, -0.2) is 15.9 Å². The van der Waals surface area contributed by atoms with Gasteiger partial charge in [-0.1, -0.05) is 11.6 Å². The van der Waals surface area contributed by atoms with Gasteiger partial charge >= 0.3 is 5.91 Å². The monoisotopic (exact) mass is 322 g/mol. The van der Waals surface area contributed by atoms with E-state index in [2.05, 4.69) is 20.8 Å². The Kier molecular flexibility index (Phi) is 3.64. The molecular weight excluding hydrogens is 315 g/mol. The van der Waals surface area contributed by atoms with Crippen LogP contribution in [0.1, 0.15) is 10.6 Å². The van der Waals surface area contributed by atoms with E-state index in [1.807, 2.05) is 0 Å². The maximum Gasteiger partial charge on any atom is 0.305 e. The van der Waals surface area contributed by atoms with Gasteiger partial charge in [0.25, 0.3) is 0 Å². The molecule has 0 aliphatic rings. The van der Waals surface area contributed by atoms with Crippen molar-refractivity contribution in [2.75, 3.05) is 5.43 Å². The molecule has 0 saturated heterocycles. The normalized spacial score (nSPS) is 10.6. The molecule has 21 heavy (non-hydrogen) atoms.